The number of nitrogens with zero attached hydrogens (tertiary/aromatic N) is 6. The summed E-state index contributed by atoms with van der Waals surface area (Å²) in [7, 11) is 0. The zero-order chi connectivity index (χ0) is 22.6. The normalized spacial score (nSPS) is 14.2. The predicted molar refractivity (Wildman–Crippen MR) is 134 cm³/mol. The van der Waals surface area contributed by atoms with Gasteiger partial charge in [-0.1, -0.05) is 18.2 Å². The van der Waals surface area contributed by atoms with E-state index in [1.807, 2.05) is 18.2 Å². The van der Waals surface area contributed by atoms with Crippen molar-refractivity contribution in [1.29, 1.82) is 0 Å². The van der Waals surface area contributed by atoms with Gasteiger partial charge in [-0.05, 0) is 23.6 Å². The van der Waals surface area contributed by atoms with Crippen molar-refractivity contribution >= 4 is 39.1 Å². The molecule has 0 aliphatic carbocycles. The van der Waals surface area contributed by atoms with Crippen LogP contribution in [0.25, 0.3) is 55.3 Å². The highest BCUT2D eigenvalue weighted by Crippen LogP contribution is 2.34. The second-order valence-corrected chi connectivity index (χ2v) is 9.33. The Bertz CT molecular complexity index is 1640. The Balaban J connectivity index is 1.31. The van der Waals surface area contributed by atoms with Gasteiger partial charge in [0, 0.05) is 35.0 Å². The predicted octanol–water partition coefficient (Wildman–Crippen LogP) is 3.83. The molecule has 9 nitrogen and oxygen atoms in total. The third-order valence-corrected chi connectivity index (χ3v) is 6.99. The van der Waals surface area contributed by atoms with Crippen molar-refractivity contribution in [3.05, 3.63) is 60.4 Å². The zero-order valence-corrected chi connectivity index (χ0v) is 18.8. The Morgan fingerprint density at radius 3 is 2.79 bits per heavy atom. The van der Waals surface area contributed by atoms with E-state index in [9.17, 15) is 0 Å². The van der Waals surface area contributed by atoms with Crippen LogP contribution >= 0.6 is 11.3 Å². The molecule has 5 aromatic heterocycles. The van der Waals surface area contributed by atoms with Gasteiger partial charge in [0.1, 0.15) is 17.2 Å². The highest BCUT2D eigenvalue weighted by molar-refractivity contribution is 7.13. The highest BCUT2D eigenvalue weighted by atomic mass is 32.1. The van der Waals surface area contributed by atoms with Gasteiger partial charge in [0.2, 0.25) is 0 Å². The minimum absolute atomic E-state index is 0.192. The van der Waals surface area contributed by atoms with E-state index in [1.54, 1.807) is 29.9 Å². The van der Waals surface area contributed by atoms with Crippen LogP contribution in [0.1, 0.15) is 0 Å². The summed E-state index contributed by atoms with van der Waals surface area (Å²) in [5, 5.41) is 10.6. The topological polar surface area (TPSA) is 125 Å². The summed E-state index contributed by atoms with van der Waals surface area (Å²) in [4.78, 5) is 25.4. The lowest BCUT2D eigenvalue weighted by molar-refractivity contribution is 0.514. The van der Waals surface area contributed by atoms with Gasteiger partial charge >= 0.3 is 0 Å². The summed E-state index contributed by atoms with van der Waals surface area (Å²) in [6.45, 7) is 1.58. The van der Waals surface area contributed by atoms with Gasteiger partial charge in [-0.25, -0.2) is 9.97 Å². The Morgan fingerprint density at radius 1 is 1.00 bits per heavy atom. The molecule has 1 fully saturated rings. The van der Waals surface area contributed by atoms with E-state index >= 15 is 0 Å². The van der Waals surface area contributed by atoms with Crippen LogP contribution in [0.3, 0.4) is 0 Å². The number of pyridine rings is 1. The summed E-state index contributed by atoms with van der Waals surface area (Å²) in [6, 6.07) is 12.5. The molecule has 7 rings (SSSR count). The van der Waals surface area contributed by atoms with Crippen molar-refractivity contribution in [2.24, 2.45) is 5.73 Å². The summed E-state index contributed by atoms with van der Waals surface area (Å²) < 4.78 is 0. The first-order valence-electron chi connectivity index (χ1n) is 10.9. The number of aromatic amines is 2. The van der Waals surface area contributed by atoms with Crippen LogP contribution in [0.2, 0.25) is 0 Å². The first-order chi connectivity index (χ1) is 16.7. The van der Waals surface area contributed by atoms with Crippen molar-refractivity contribution < 1.29 is 0 Å². The number of rotatable bonds is 4. The average molecular weight is 466 g/mol. The highest BCUT2D eigenvalue weighted by Gasteiger charge is 2.25. The number of thiophene rings is 1. The number of H-pyrrole nitrogens is 2. The van der Waals surface area contributed by atoms with Gasteiger partial charge in [-0.15, -0.1) is 11.3 Å². The maximum absolute atomic E-state index is 5.92. The molecule has 0 bridgehead atoms. The smallest absolute Gasteiger partial charge is 0.159 e. The van der Waals surface area contributed by atoms with E-state index in [2.05, 4.69) is 53.6 Å². The number of hydrogen-bond donors (Lipinski definition) is 3. The van der Waals surface area contributed by atoms with Crippen molar-refractivity contribution in [3.63, 3.8) is 0 Å². The van der Waals surface area contributed by atoms with Gasteiger partial charge in [0.15, 0.2) is 5.82 Å². The van der Waals surface area contributed by atoms with Crippen LogP contribution in [0.4, 0.5) is 5.82 Å². The third kappa shape index (κ3) is 3.07. The van der Waals surface area contributed by atoms with E-state index < -0.39 is 0 Å². The SMILES string of the molecule is NC1CN(c2cncc(-c3cc4c(-c5nc6c(-c7cccs7)cccc6[nH]5)n[nH]c4cn3)n2)C1. The number of benzene rings is 1. The van der Waals surface area contributed by atoms with E-state index in [4.69, 9.17) is 15.7 Å². The molecular formula is C24H19N9S. The lowest BCUT2D eigenvalue weighted by Gasteiger charge is -2.37. The number of fused-ring (bicyclic) bond motifs is 2. The Hall–Kier alpha value is -4.15. The molecule has 10 heteroatoms. The van der Waals surface area contributed by atoms with Gasteiger partial charge in [-0.3, -0.25) is 15.1 Å². The molecule has 0 radical (unpaired) electrons. The number of imidazole rings is 1. The van der Waals surface area contributed by atoms with Gasteiger partial charge in [0.05, 0.1) is 40.8 Å². The second-order valence-electron chi connectivity index (χ2n) is 8.38. The number of para-hydroxylation sites is 1. The molecule has 1 saturated heterocycles. The average Bonchev–Trinajstić information content (AvgIpc) is 3.60. The number of nitrogens with two attached hydrogens (primary N) is 1. The van der Waals surface area contributed by atoms with E-state index in [0.29, 0.717) is 11.5 Å². The molecule has 0 amide bonds. The van der Waals surface area contributed by atoms with Crippen molar-refractivity contribution in [3.8, 4) is 33.3 Å². The molecule has 166 valence electrons. The lowest BCUT2D eigenvalue weighted by Crippen LogP contribution is -2.56. The molecule has 1 aromatic carbocycles. The van der Waals surface area contributed by atoms with E-state index in [-0.39, 0.29) is 6.04 Å². The molecule has 0 unspecified atom stereocenters. The molecule has 4 N–H and O–H groups in total. The van der Waals surface area contributed by atoms with Crippen LogP contribution in [-0.4, -0.2) is 54.2 Å². The standard InChI is InChI=1S/C24H19N9S/c25-13-11-33(12-13)21-10-26-8-19(28-21)17-7-15-18(9-27-17)31-32-23(15)24-29-16-4-1-3-14(22(16)30-24)20-5-2-6-34-20/h1-10,13H,11-12,25H2,(H,29,30)(H,31,32). The molecule has 0 spiro atoms. The van der Waals surface area contributed by atoms with Crippen LogP contribution in [-0.2, 0) is 0 Å². The monoisotopic (exact) mass is 465 g/mol. The quantitative estimate of drug-likeness (QED) is 0.361. The van der Waals surface area contributed by atoms with Gasteiger partial charge in [0.25, 0.3) is 0 Å². The number of aromatic nitrogens is 7. The maximum Gasteiger partial charge on any atom is 0.159 e. The summed E-state index contributed by atoms with van der Waals surface area (Å²) >= 11 is 1.70. The fourth-order valence-electron chi connectivity index (χ4n) is 4.34. The largest absolute Gasteiger partial charge is 0.352 e. The van der Waals surface area contributed by atoms with E-state index in [1.165, 1.54) is 4.88 Å². The Morgan fingerprint density at radius 2 is 1.94 bits per heavy atom. The van der Waals surface area contributed by atoms with E-state index in [0.717, 1.165) is 57.8 Å². The molecule has 34 heavy (non-hydrogen) atoms. The minimum Gasteiger partial charge on any atom is -0.352 e. The number of hydrogen-bond acceptors (Lipinski definition) is 8. The maximum atomic E-state index is 5.92. The van der Waals surface area contributed by atoms with Crippen molar-refractivity contribution in [2.75, 3.05) is 18.0 Å². The second kappa shape index (κ2) is 7.44. The summed E-state index contributed by atoms with van der Waals surface area (Å²) in [5.41, 5.74) is 11.9. The Kier molecular flexibility index (Phi) is 4.23. The fraction of sp³-hybridized carbons (Fsp3) is 0.125. The Labute approximate surface area is 197 Å². The molecule has 1 aliphatic heterocycles. The first kappa shape index (κ1) is 19.3. The van der Waals surface area contributed by atoms with Crippen LogP contribution in [0.15, 0.2) is 60.4 Å². The lowest BCUT2D eigenvalue weighted by atomic mass is 10.1. The van der Waals surface area contributed by atoms with Crippen LogP contribution in [0.5, 0.6) is 0 Å². The molecule has 6 heterocycles. The van der Waals surface area contributed by atoms with Crippen molar-refractivity contribution in [2.45, 2.75) is 6.04 Å². The molecule has 0 saturated carbocycles. The van der Waals surface area contributed by atoms with Gasteiger partial charge in [-0.2, -0.15) is 5.10 Å². The van der Waals surface area contributed by atoms with Crippen LogP contribution in [0, 0.1) is 0 Å². The van der Waals surface area contributed by atoms with Gasteiger partial charge < -0.3 is 15.6 Å². The first-order valence-corrected chi connectivity index (χ1v) is 11.8. The number of nitrogens with one attached hydrogen (secondary N) is 2. The molecular weight excluding hydrogens is 446 g/mol. The summed E-state index contributed by atoms with van der Waals surface area (Å²) in [6.07, 6.45) is 5.26. The molecule has 0 atom stereocenters. The minimum atomic E-state index is 0.192. The third-order valence-electron chi connectivity index (χ3n) is 6.09. The number of anilines is 1. The molecule has 6 aromatic rings. The van der Waals surface area contributed by atoms with Crippen LogP contribution < -0.4 is 10.6 Å². The zero-order valence-electron chi connectivity index (χ0n) is 17.9. The molecule has 1 aliphatic rings. The summed E-state index contributed by atoms with van der Waals surface area (Å²) in [5.74, 6) is 1.52. The van der Waals surface area contributed by atoms with Crippen molar-refractivity contribution in [1.82, 2.24) is 35.1 Å². The fourth-order valence-corrected chi connectivity index (χ4v) is 5.10.